The van der Waals surface area contributed by atoms with Crippen LogP contribution in [0, 0.1) is 26.6 Å². The standard InChI is InChI=1S/C34H32FNO4/c1-19-5-11-29(36-17-19)22-13-20(2)33(21(3)14-22)26-8-10-28(35)34-27(26)9-12-30(34)40-24-6-7-25-23(15-32(37)38-4)18-39-31(25)16-24/h5-8,10-11,13-14,16-17,23,30H,9,12,15,18H2,1-4H3/t23-,30-/m1/s1. The van der Waals surface area contributed by atoms with Crippen LogP contribution in [0.25, 0.3) is 22.4 Å². The average Bonchev–Trinajstić information content (AvgIpc) is 3.54. The predicted molar refractivity (Wildman–Crippen MR) is 152 cm³/mol. The number of hydrogen-bond acceptors (Lipinski definition) is 5. The number of hydrogen-bond donors (Lipinski definition) is 0. The van der Waals surface area contributed by atoms with E-state index in [4.69, 9.17) is 14.2 Å². The summed E-state index contributed by atoms with van der Waals surface area (Å²) in [4.78, 5) is 16.3. The summed E-state index contributed by atoms with van der Waals surface area (Å²) in [6, 6.07) is 17.6. The van der Waals surface area contributed by atoms with Crippen molar-refractivity contribution in [2.24, 2.45) is 0 Å². The molecule has 5 nitrogen and oxygen atoms in total. The molecule has 40 heavy (non-hydrogen) atoms. The van der Waals surface area contributed by atoms with Crippen molar-refractivity contribution >= 4 is 5.97 Å². The Morgan fingerprint density at radius 1 is 1.05 bits per heavy atom. The molecule has 0 saturated heterocycles. The van der Waals surface area contributed by atoms with Gasteiger partial charge >= 0.3 is 5.97 Å². The predicted octanol–water partition coefficient (Wildman–Crippen LogP) is 7.59. The van der Waals surface area contributed by atoms with Gasteiger partial charge in [-0.05, 0) is 97.3 Å². The Kier molecular flexibility index (Phi) is 6.78. The number of benzene rings is 3. The summed E-state index contributed by atoms with van der Waals surface area (Å²) in [5.41, 5.74) is 10.2. The molecule has 6 rings (SSSR count). The topological polar surface area (TPSA) is 57.7 Å². The number of aromatic nitrogens is 1. The van der Waals surface area contributed by atoms with Crippen LogP contribution in [0.3, 0.4) is 0 Å². The monoisotopic (exact) mass is 537 g/mol. The third-order valence-electron chi connectivity index (χ3n) is 8.08. The fourth-order valence-electron chi connectivity index (χ4n) is 6.15. The van der Waals surface area contributed by atoms with E-state index >= 15 is 4.39 Å². The first-order valence-electron chi connectivity index (χ1n) is 13.7. The second-order valence-corrected chi connectivity index (χ2v) is 10.8. The minimum atomic E-state index is -0.392. The van der Waals surface area contributed by atoms with Crippen LogP contribution in [0.4, 0.5) is 4.39 Å². The summed E-state index contributed by atoms with van der Waals surface area (Å²) in [7, 11) is 1.39. The van der Waals surface area contributed by atoms with Crippen molar-refractivity contribution < 1.29 is 23.4 Å². The molecule has 2 aliphatic rings. The van der Waals surface area contributed by atoms with Gasteiger partial charge in [-0.3, -0.25) is 9.78 Å². The average molecular weight is 538 g/mol. The van der Waals surface area contributed by atoms with Crippen LogP contribution in [-0.4, -0.2) is 24.7 Å². The second kappa shape index (κ2) is 10.4. The zero-order valence-electron chi connectivity index (χ0n) is 23.2. The van der Waals surface area contributed by atoms with Crippen molar-refractivity contribution in [1.82, 2.24) is 4.98 Å². The minimum absolute atomic E-state index is 0.0386. The van der Waals surface area contributed by atoms with E-state index in [1.54, 1.807) is 6.07 Å². The first kappa shape index (κ1) is 26.1. The number of methoxy groups -OCH3 is 1. The molecule has 2 heterocycles. The maximum atomic E-state index is 15.3. The smallest absolute Gasteiger partial charge is 0.306 e. The van der Waals surface area contributed by atoms with Gasteiger partial charge in [0.05, 0.1) is 25.8 Å². The molecule has 0 fully saturated rings. The molecule has 1 aliphatic carbocycles. The molecule has 0 unspecified atom stereocenters. The lowest BCUT2D eigenvalue weighted by Gasteiger charge is -2.19. The van der Waals surface area contributed by atoms with Gasteiger partial charge in [-0.2, -0.15) is 0 Å². The molecule has 204 valence electrons. The minimum Gasteiger partial charge on any atom is -0.492 e. The molecular formula is C34H32FNO4. The van der Waals surface area contributed by atoms with Crippen molar-refractivity contribution in [1.29, 1.82) is 0 Å². The van der Waals surface area contributed by atoms with E-state index < -0.39 is 6.10 Å². The number of halogens is 1. The lowest BCUT2D eigenvalue weighted by molar-refractivity contribution is -0.141. The second-order valence-electron chi connectivity index (χ2n) is 10.8. The lowest BCUT2D eigenvalue weighted by Crippen LogP contribution is -2.09. The quantitative estimate of drug-likeness (QED) is 0.237. The number of carbonyl (C=O) groups excluding carboxylic acids is 1. The fourth-order valence-corrected chi connectivity index (χ4v) is 6.15. The third-order valence-corrected chi connectivity index (χ3v) is 8.08. The van der Waals surface area contributed by atoms with Crippen molar-refractivity contribution in [3.8, 4) is 33.9 Å². The Bertz CT molecular complexity index is 1590. The van der Waals surface area contributed by atoms with Crippen LogP contribution in [-0.2, 0) is 16.0 Å². The van der Waals surface area contributed by atoms with E-state index in [2.05, 4.69) is 37.0 Å². The summed E-state index contributed by atoms with van der Waals surface area (Å²) in [6.07, 6.45) is 3.19. The van der Waals surface area contributed by atoms with Gasteiger partial charge in [-0.1, -0.05) is 18.2 Å². The zero-order valence-corrected chi connectivity index (χ0v) is 23.2. The molecule has 2 atom stereocenters. The molecule has 0 N–H and O–H groups in total. The van der Waals surface area contributed by atoms with E-state index in [1.807, 2.05) is 43.5 Å². The van der Waals surface area contributed by atoms with Crippen molar-refractivity contribution in [2.75, 3.05) is 13.7 Å². The Morgan fingerprint density at radius 3 is 2.58 bits per heavy atom. The first-order chi connectivity index (χ1) is 19.3. The maximum Gasteiger partial charge on any atom is 0.306 e. The van der Waals surface area contributed by atoms with E-state index in [0.29, 0.717) is 30.1 Å². The van der Waals surface area contributed by atoms with E-state index in [-0.39, 0.29) is 24.1 Å². The normalized spacial score (nSPS) is 17.2. The molecule has 1 aromatic heterocycles. The Hall–Kier alpha value is -4.19. The summed E-state index contributed by atoms with van der Waals surface area (Å²) in [5.74, 6) is 0.786. The highest BCUT2D eigenvalue weighted by atomic mass is 19.1. The van der Waals surface area contributed by atoms with Gasteiger partial charge in [0.1, 0.15) is 23.4 Å². The number of fused-ring (bicyclic) bond motifs is 2. The third kappa shape index (κ3) is 4.72. The first-order valence-corrected chi connectivity index (χ1v) is 13.7. The van der Waals surface area contributed by atoms with Crippen LogP contribution < -0.4 is 9.47 Å². The molecular weight excluding hydrogens is 505 g/mol. The molecule has 4 aromatic rings. The number of rotatable bonds is 6. The van der Waals surface area contributed by atoms with E-state index in [9.17, 15) is 4.79 Å². The van der Waals surface area contributed by atoms with Crippen LogP contribution in [0.1, 0.15) is 58.2 Å². The maximum absolute atomic E-state index is 15.3. The fraction of sp³-hybridized carbons (Fsp3) is 0.294. The Morgan fingerprint density at radius 2 is 1.85 bits per heavy atom. The zero-order chi connectivity index (χ0) is 28.0. The highest BCUT2D eigenvalue weighted by Gasteiger charge is 2.32. The molecule has 0 amide bonds. The summed E-state index contributed by atoms with van der Waals surface area (Å²) >= 11 is 0. The lowest BCUT2D eigenvalue weighted by atomic mass is 9.88. The Labute approximate surface area is 233 Å². The van der Waals surface area contributed by atoms with E-state index in [0.717, 1.165) is 56.6 Å². The summed E-state index contributed by atoms with van der Waals surface area (Å²) < 4.78 is 32.3. The van der Waals surface area contributed by atoms with Gasteiger partial charge < -0.3 is 14.2 Å². The van der Waals surface area contributed by atoms with Gasteiger partial charge in [0.2, 0.25) is 0 Å². The van der Waals surface area contributed by atoms with Crippen molar-refractivity contribution in [2.45, 2.75) is 52.1 Å². The van der Waals surface area contributed by atoms with Crippen LogP contribution >= 0.6 is 0 Å². The SMILES string of the molecule is COC(=O)C[C@@H]1COc2cc(O[C@@H]3CCc4c(-c5c(C)cc(-c6ccc(C)cn6)cc5C)ccc(F)c43)ccc21. The molecule has 3 aromatic carbocycles. The number of nitrogens with zero attached hydrogens (tertiary/aromatic N) is 1. The highest BCUT2D eigenvalue weighted by Crippen LogP contribution is 2.45. The number of carbonyl (C=O) groups is 1. The highest BCUT2D eigenvalue weighted by molar-refractivity contribution is 5.79. The van der Waals surface area contributed by atoms with Gasteiger partial charge in [0.25, 0.3) is 0 Å². The number of ether oxygens (including phenoxy) is 3. The molecule has 1 aliphatic heterocycles. The van der Waals surface area contributed by atoms with Crippen molar-refractivity contribution in [3.05, 3.63) is 100.0 Å². The molecule has 0 bridgehead atoms. The molecule has 0 radical (unpaired) electrons. The van der Waals surface area contributed by atoms with Gasteiger partial charge in [-0.15, -0.1) is 0 Å². The van der Waals surface area contributed by atoms with Crippen LogP contribution in [0.5, 0.6) is 11.5 Å². The van der Waals surface area contributed by atoms with Gasteiger partial charge in [0, 0.05) is 34.9 Å². The number of esters is 1. The van der Waals surface area contributed by atoms with E-state index in [1.165, 1.54) is 7.11 Å². The largest absolute Gasteiger partial charge is 0.492 e. The van der Waals surface area contributed by atoms with Gasteiger partial charge in [0.15, 0.2) is 0 Å². The Balaban J connectivity index is 1.29. The molecule has 0 saturated carbocycles. The van der Waals surface area contributed by atoms with Crippen molar-refractivity contribution in [3.63, 3.8) is 0 Å². The molecule has 0 spiro atoms. The van der Waals surface area contributed by atoms with Crippen LogP contribution in [0.15, 0.2) is 60.8 Å². The van der Waals surface area contributed by atoms with Gasteiger partial charge in [-0.25, -0.2) is 4.39 Å². The van der Waals surface area contributed by atoms with Crippen LogP contribution in [0.2, 0.25) is 0 Å². The molecule has 6 heteroatoms. The summed E-state index contributed by atoms with van der Waals surface area (Å²) in [5, 5.41) is 0. The number of aryl methyl sites for hydroxylation is 3. The summed E-state index contributed by atoms with van der Waals surface area (Å²) in [6.45, 7) is 6.67. The number of pyridine rings is 1.